The van der Waals surface area contributed by atoms with Crippen LogP contribution in [0.15, 0.2) is 48.5 Å². The summed E-state index contributed by atoms with van der Waals surface area (Å²) < 4.78 is 11.3. The van der Waals surface area contributed by atoms with Crippen molar-refractivity contribution in [1.29, 1.82) is 0 Å². The minimum atomic E-state index is -1.31. The molecule has 2 aromatic carbocycles. The maximum Gasteiger partial charge on any atom is 0.347 e. The fraction of sp³-hybridized carbons (Fsp3) is 0.391. The van der Waals surface area contributed by atoms with Crippen molar-refractivity contribution in [1.82, 2.24) is 9.80 Å². The lowest BCUT2D eigenvalue weighted by Gasteiger charge is -2.21. The van der Waals surface area contributed by atoms with Crippen molar-refractivity contribution < 1.29 is 24.2 Å². The Hall–Kier alpha value is -2.93. The lowest BCUT2D eigenvalue weighted by molar-refractivity contribution is -0.152. The number of likely N-dealkylation sites (N-methyl/N-ethyl adjacent to an activating group) is 1. The van der Waals surface area contributed by atoms with Gasteiger partial charge in [-0.15, -0.1) is 0 Å². The highest BCUT2D eigenvalue weighted by Crippen LogP contribution is 2.24. The highest BCUT2D eigenvalue weighted by molar-refractivity contribution is 6.30. The van der Waals surface area contributed by atoms with Crippen molar-refractivity contribution >= 4 is 23.6 Å². The molecule has 1 saturated heterocycles. The van der Waals surface area contributed by atoms with Crippen LogP contribution in [-0.4, -0.2) is 58.7 Å². The van der Waals surface area contributed by atoms with Gasteiger partial charge in [0.25, 0.3) is 0 Å². The van der Waals surface area contributed by atoms with E-state index in [0.717, 1.165) is 5.56 Å². The van der Waals surface area contributed by atoms with Crippen molar-refractivity contribution in [2.45, 2.75) is 38.5 Å². The zero-order chi connectivity index (χ0) is 22.6. The molecule has 1 aliphatic rings. The van der Waals surface area contributed by atoms with Crippen molar-refractivity contribution in [3.63, 3.8) is 0 Å². The van der Waals surface area contributed by atoms with Crippen LogP contribution in [0.2, 0.25) is 5.02 Å². The predicted octanol–water partition coefficient (Wildman–Crippen LogP) is 4.29. The molecule has 31 heavy (non-hydrogen) atoms. The van der Waals surface area contributed by atoms with E-state index in [2.05, 4.69) is 0 Å². The van der Waals surface area contributed by atoms with Crippen LogP contribution in [0.1, 0.15) is 25.8 Å². The number of carboxylic acid groups (broad SMARTS) is 1. The molecule has 0 spiro atoms. The molecule has 1 N–H and O–H groups in total. The number of amides is 2. The van der Waals surface area contributed by atoms with Gasteiger partial charge in [0.05, 0.1) is 12.6 Å². The monoisotopic (exact) mass is 446 g/mol. The molecule has 166 valence electrons. The molecule has 1 heterocycles. The number of hydrogen-bond acceptors (Lipinski definition) is 4. The minimum absolute atomic E-state index is 0.00231. The molecule has 0 aliphatic carbocycles. The number of benzene rings is 2. The van der Waals surface area contributed by atoms with E-state index < -0.39 is 11.6 Å². The summed E-state index contributed by atoms with van der Waals surface area (Å²) in [7, 11) is 1.81. The molecule has 8 heteroatoms. The summed E-state index contributed by atoms with van der Waals surface area (Å²) in [6.07, 6.45) is 0.698. The molecule has 1 fully saturated rings. The maximum absolute atomic E-state index is 12.5. The number of aliphatic carboxylic acids is 1. The van der Waals surface area contributed by atoms with Crippen LogP contribution >= 0.6 is 11.6 Å². The molecule has 1 atom stereocenters. The van der Waals surface area contributed by atoms with Crippen LogP contribution in [0, 0.1) is 0 Å². The summed E-state index contributed by atoms with van der Waals surface area (Å²) in [6.45, 7) is 4.63. The number of hydrogen-bond donors (Lipinski definition) is 1. The quantitative estimate of drug-likeness (QED) is 0.621. The third-order valence-corrected chi connectivity index (χ3v) is 5.52. The lowest BCUT2D eigenvalue weighted by Crippen LogP contribution is -2.37. The first-order valence-corrected chi connectivity index (χ1v) is 10.4. The van der Waals surface area contributed by atoms with Crippen LogP contribution < -0.4 is 9.47 Å². The van der Waals surface area contributed by atoms with Crippen molar-refractivity contribution in [3.8, 4) is 11.5 Å². The number of halogens is 1. The van der Waals surface area contributed by atoms with Crippen molar-refractivity contribution in [2.24, 2.45) is 0 Å². The molecular formula is C23H27ClN2O5. The molecular weight excluding hydrogens is 420 g/mol. The predicted molar refractivity (Wildman–Crippen MR) is 118 cm³/mol. The summed E-state index contributed by atoms with van der Waals surface area (Å²) in [5, 5.41) is 9.82. The number of carbonyl (C=O) groups excluding carboxylic acids is 1. The molecule has 0 bridgehead atoms. The Morgan fingerprint density at radius 2 is 1.74 bits per heavy atom. The average Bonchev–Trinajstić information content (AvgIpc) is 2.98. The van der Waals surface area contributed by atoms with E-state index in [0.29, 0.717) is 42.6 Å². The van der Waals surface area contributed by atoms with Gasteiger partial charge in [0.2, 0.25) is 0 Å². The Morgan fingerprint density at radius 3 is 2.35 bits per heavy atom. The Labute approximate surface area is 187 Å². The third kappa shape index (κ3) is 5.82. The molecule has 2 amide bonds. The Morgan fingerprint density at radius 1 is 1.13 bits per heavy atom. The second kappa shape index (κ2) is 9.47. The third-order valence-electron chi connectivity index (χ3n) is 5.27. The SMILES string of the molecule is CN1C(=O)N(Cc2ccc(Cl)cc2)C[C@@H]1CCOc1ccc(OC(C)(C)C(=O)O)cc1. The van der Waals surface area contributed by atoms with Gasteiger partial charge < -0.3 is 24.4 Å². The van der Waals surface area contributed by atoms with E-state index in [1.807, 2.05) is 36.2 Å². The number of nitrogens with zero attached hydrogens (tertiary/aromatic N) is 2. The Kier molecular flexibility index (Phi) is 6.95. The molecule has 0 aromatic heterocycles. The number of rotatable bonds is 9. The summed E-state index contributed by atoms with van der Waals surface area (Å²) in [4.78, 5) is 27.3. The molecule has 2 aromatic rings. The molecule has 0 radical (unpaired) electrons. The summed E-state index contributed by atoms with van der Waals surface area (Å²) >= 11 is 5.93. The first kappa shape index (κ1) is 22.7. The van der Waals surface area contributed by atoms with Crippen molar-refractivity contribution in [2.75, 3.05) is 20.2 Å². The van der Waals surface area contributed by atoms with E-state index in [4.69, 9.17) is 26.2 Å². The van der Waals surface area contributed by atoms with Crippen LogP contribution in [0.4, 0.5) is 4.79 Å². The molecule has 1 aliphatic heterocycles. The number of carbonyl (C=O) groups is 2. The standard InChI is InChI=1S/C23H27ClN2O5/c1-23(2,21(27)28)31-20-10-8-19(9-11-20)30-13-12-18-15-26(22(29)25(18)3)14-16-4-6-17(24)7-5-16/h4-11,18H,12-15H2,1-3H3,(H,27,28)/t18-/m0/s1. The van der Waals surface area contributed by atoms with Crippen molar-refractivity contribution in [3.05, 3.63) is 59.1 Å². The second-order valence-electron chi connectivity index (χ2n) is 8.08. The average molecular weight is 447 g/mol. The topological polar surface area (TPSA) is 79.3 Å². The lowest BCUT2D eigenvalue weighted by atomic mass is 10.1. The van der Waals surface area contributed by atoms with Gasteiger partial charge in [0.15, 0.2) is 5.60 Å². The molecule has 7 nitrogen and oxygen atoms in total. The summed E-state index contributed by atoms with van der Waals surface area (Å²) in [5.74, 6) is 0.0809. The fourth-order valence-corrected chi connectivity index (χ4v) is 3.44. The highest BCUT2D eigenvalue weighted by Gasteiger charge is 2.34. The van der Waals surface area contributed by atoms with E-state index in [1.54, 1.807) is 29.2 Å². The van der Waals surface area contributed by atoms with E-state index in [1.165, 1.54) is 13.8 Å². The molecule has 0 unspecified atom stereocenters. The maximum atomic E-state index is 12.5. The summed E-state index contributed by atoms with van der Waals surface area (Å²) in [6, 6.07) is 14.4. The molecule has 0 saturated carbocycles. The number of carboxylic acids is 1. The van der Waals surface area contributed by atoms with E-state index in [-0.39, 0.29) is 12.1 Å². The Bertz CT molecular complexity index is 915. The highest BCUT2D eigenvalue weighted by atomic mass is 35.5. The first-order chi connectivity index (χ1) is 14.7. The number of urea groups is 1. The van der Waals surface area contributed by atoms with Gasteiger partial charge in [-0.05, 0) is 55.8 Å². The normalized spacial score (nSPS) is 16.5. The van der Waals surface area contributed by atoms with Crippen LogP contribution in [-0.2, 0) is 11.3 Å². The van der Waals surface area contributed by atoms with E-state index in [9.17, 15) is 9.59 Å². The van der Waals surface area contributed by atoms with Gasteiger partial charge in [-0.2, -0.15) is 0 Å². The smallest absolute Gasteiger partial charge is 0.347 e. The van der Waals surface area contributed by atoms with Gasteiger partial charge >= 0.3 is 12.0 Å². The fourth-order valence-electron chi connectivity index (χ4n) is 3.32. The van der Waals surface area contributed by atoms with Gasteiger partial charge in [-0.25, -0.2) is 9.59 Å². The largest absolute Gasteiger partial charge is 0.494 e. The van der Waals surface area contributed by atoms with Crippen LogP contribution in [0.5, 0.6) is 11.5 Å². The summed E-state index contributed by atoms with van der Waals surface area (Å²) in [5.41, 5.74) is -0.267. The second-order valence-corrected chi connectivity index (χ2v) is 8.52. The van der Waals surface area contributed by atoms with Gasteiger partial charge in [0.1, 0.15) is 11.5 Å². The Balaban J connectivity index is 1.48. The van der Waals surface area contributed by atoms with Gasteiger partial charge in [-0.3, -0.25) is 0 Å². The van der Waals surface area contributed by atoms with Gasteiger partial charge in [-0.1, -0.05) is 23.7 Å². The van der Waals surface area contributed by atoms with Gasteiger partial charge in [0, 0.05) is 31.6 Å². The van der Waals surface area contributed by atoms with Crippen LogP contribution in [0.25, 0.3) is 0 Å². The van der Waals surface area contributed by atoms with Crippen LogP contribution in [0.3, 0.4) is 0 Å². The zero-order valence-electron chi connectivity index (χ0n) is 17.9. The molecule has 3 rings (SSSR count). The first-order valence-electron chi connectivity index (χ1n) is 10.1. The minimum Gasteiger partial charge on any atom is -0.494 e. The van der Waals surface area contributed by atoms with E-state index >= 15 is 0 Å². The zero-order valence-corrected chi connectivity index (χ0v) is 18.6. The number of ether oxygens (including phenoxy) is 2.